The molecule has 2 saturated heterocycles. The number of hydrogen-bond acceptors (Lipinski definition) is 5. The molecule has 0 N–H and O–H groups in total. The molecule has 0 spiro atoms. The van der Waals surface area contributed by atoms with Gasteiger partial charge >= 0.3 is 67.5 Å². The molecular formula is C2H4As2O5. The van der Waals surface area contributed by atoms with Crippen molar-refractivity contribution in [3.05, 3.63) is 0 Å². The van der Waals surface area contributed by atoms with Crippen molar-refractivity contribution in [1.29, 1.82) is 0 Å². The Balaban J connectivity index is 1.90. The van der Waals surface area contributed by atoms with Gasteiger partial charge in [-0.2, -0.15) is 0 Å². The Labute approximate surface area is 67.8 Å². The Morgan fingerprint density at radius 1 is 0.889 bits per heavy atom. The quantitative estimate of drug-likeness (QED) is 0.309. The predicted octanol–water partition coefficient (Wildman–Crippen LogP) is -2.58. The second-order valence-corrected chi connectivity index (χ2v) is 4.61. The second kappa shape index (κ2) is 1.74. The van der Waals surface area contributed by atoms with Gasteiger partial charge in [-0.05, 0) is 0 Å². The van der Waals surface area contributed by atoms with E-state index in [1.165, 1.54) is 33.7 Å². The first-order valence-electron chi connectivity index (χ1n) is 2.14. The first kappa shape index (κ1) is 6.62. The summed E-state index contributed by atoms with van der Waals surface area (Å²) in [6.45, 7) is 0. The van der Waals surface area contributed by atoms with Crippen molar-refractivity contribution in [2.24, 2.45) is 0 Å². The van der Waals surface area contributed by atoms with E-state index in [9.17, 15) is 0 Å². The molecule has 2 unspecified atom stereocenters. The maximum absolute atomic E-state index is 5.01. The molecular weight excluding hydrogens is 254 g/mol. The fraction of sp³-hybridized carbons (Fsp3) is 1.00. The Hall–Kier alpha value is 0.917. The average molecular weight is 258 g/mol. The molecule has 2 heterocycles. The Bertz CT molecular complexity index is 124. The maximum atomic E-state index is 5.01. The van der Waals surface area contributed by atoms with Crippen LogP contribution in [-0.2, 0) is 24.3 Å². The van der Waals surface area contributed by atoms with Crippen LogP contribution in [-0.4, -0.2) is 43.2 Å². The van der Waals surface area contributed by atoms with Crippen LogP contribution in [0.4, 0.5) is 0 Å². The summed E-state index contributed by atoms with van der Waals surface area (Å²) >= 11 is 2.37. The van der Waals surface area contributed by atoms with Crippen LogP contribution in [0.3, 0.4) is 0 Å². The van der Waals surface area contributed by atoms with E-state index in [-0.39, 0.29) is 0 Å². The van der Waals surface area contributed by atoms with Gasteiger partial charge in [0.15, 0.2) is 0 Å². The van der Waals surface area contributed by atoms with Crippen LogP contribution in [0.5, 0.6) is 0 Å². The molecule has 0 aromatic heterocycles. The van der Waals surface area contributed by atoms with Crippen LogP contribution in [0, 0.1) is 0 Å². The van der Waals surface area contributed by atoms with Crippen LogP contribution in [0.1, 0.15) is 0 Å². The molecule has 0 bridgehead atoms. The Morgan fingerprint density at radius 3 is 1.44 bits per heavy atom. The normalized spacial score (nSPS) is 34.0. The fourth-order valence-corrected chi connectivity index (χ4v) is 1.84. The van der Waals surface area contributed by atoms with Gasteiger partial charge in [-0.15, -0.1) is 0 Å². The third-order valence-electron chi connectivity index (χ3n) is 0.780. The average Bonchev–Trinajstić information content (AvgIpc) is 2.55. The van der Waals surface area contributed by atoms with E-state index < -0.39 is 9.52 Å². The predicted molar refractivity (Wildman–Crippen MR) is 28.0 cm³/mol. The topological polar surface area (TPSA) is 59.4 Å². The summed E-state index contributed by atoms with van der Waals surface area (Å²) in [6.07, 6.45) is 0. The zero-order valence-electron chi connectivity index (χ0n) is 4.20. The van der Waals surface area contributed by atoms with Crippen molar-refractivity contribution in [3.8, 4) is 0 Å². The third-order valence-corrected chi connectivity index (χ3v) is 2.08. The van der Waals surface area contributed by atoms with Gasteiger partial charge in [-0.25, -0.2) is 0 Å². The van der Waals surface area contributed by atoms with E-state index in [0.29, 0.717) is 0 Å². The van der Waals surface area contributed by atoms with Crippen molar-refractivity contribution in [2.45, 2.75) is 9.52 Å². The SMILES string of the molecule is [AsH2]C1(OC2([AsH2])OO2)OO1. The van der Waals surface area contributed by atoms with E-state index in [1.807, 2.05) is 0 Å². The van der Waals surface area contributed by atoms with Crippen molar-refractivity contribution in [3.63, 3.8) is 0 Å². The van der Waals surface area contributed by atoms with Gasteiger partial charge in [0.05, 0.1) is 0 Å². The zero-order chi connectivity index (χ0) is 6.54. The molecule has 7 heteroatoms. The Morgan fingerprint density at radius 2 is 1.22 bits per heavy atom. The van der Waals surface area contributed by atoms with Crippen LogP contribution < -0.4 is 0 Å². The van der Waals surface area contributed by atoms with Crippen molar-refractivity contribution < 1.29 is 24.3 Å². The fourth-order valence-electron chi connectivity index (χ4n) is 0.348. The first-order chi connectivity index (χ1) is 4.12. The molecule has 0 aromatic rings. The summed E-state index contributed by atoms with van der Waals surface area (Å²) in [4.78, 5) is 17.9. The molecule has 2 rings (SSSR count). The van der Waals surface area contributed by atoms with Crippen molar-refractivity contribution >= 4 is 33.7 Å². The van der Waals surface area contributed by atoms with Crippen LogP contribution in [0.15, 0.2) is 0 Å². The van der Waals surface area contributed by atoms with Gasteiger partial charge in [0.25, 0.3) is 0 Å². The van der Waals surface area contributed by atoms with Gasteiger partial charge < -0.3 is 0 Å². The molecule has 0 amide bonds. The minimum absolute atomic E-state index is 0.875. The van der Waals surface area contributed by atoms with Gasteiger partial charge in [0, 0.05) is 0 Å². The second-order valence-electron chi connectivity index (χ2n) is 1.64. The molecule has 0 saturated carbocycles. The molecule has 0 aromatic carbocycles. The van der Waals surface area contributed by atoms with E-state index in [0.717, 1.165) is 0 Å². The summed E-state index contributed by atoms with van der Waals surface area (Å²) < 4.78 is 3.26. The van der Waals surface area contributed by atoms with E-state index in [4.69, 9.17) is 4.74 Å². The van der Waals surface area contributed by atoms with Gasteiger partial charge in [-0.1, -0.05) is 0 Å². The minimum atomic E-state index is -0.875. The molecule has 5 nitrogen and oxygen atoms in total. The van der Waals surface area contributed by atoms with E-state index >= 15 is 0 Å². The monoisotopic (exact) mass is 258 g/mol. The summed E-state index contributed by atoms with van der Waals surface area (Å²) in [7, 11) is 0. The van der Waals surface area contributed by atoms with Crippen LogP contribution >= 0.6 is 0 Å². The van der Waals surface area contributed by atoms with Gasteiger partial charge in [0.1, 0.15) is 0 Å². The van der Waals surface area contributed by atoms with Gasteiger partial charge in [0.2, 0.25) is 0 Å². The van der Waals surface area contributed by atoms with E-state index in [2.05, 4.69) is 19.6 Å². The van der Waals surface area contributed by atoms with Crippen LogP contribution in [0.2, 0.25) is 0 Å². The molecule has 2 aliphatic rings. The first-order valence-corrected chi connectivity index (χ1v) is 4.56. The number of ether oxygens (including phenoxy) is 1. The molecule has 2 fully saturated rings. The molecule has 52 valence electrons. The third kappa shape index (κ3) is 1.49. The summed E-state index contributed by atoms with van der Waals surface area (Å²) in [6, 6.07) is 0. The molecule has 2 atom stereocenters. The zero-order valence-corrected chi connectivity index (χ0v) is 9.04. The molecule has 0 aliphatic carbocycles. The van der Waals surface area contributed by atoms with Crippen molar-refractivity contribution in [2.75, 3.05) is 0 Å². The summed E-state index contributed by atoms with van der Waals surface area (Å²) in [5, 5.41) is 0. The van der Waals surface area contributed by atoms with Gasteiger partial charge in [-0.3, -0.25) is 0 Å². The molecule has 0 radical (unpaired) electrons. The summed E-state index contributed by atoms with van der Waals surface area (Å²) in [5.41, 5.74) is 0. The number of hydrogen-bond donors (Lipinski definition) is 0. The van der Waals surface area contributed by atoms with Crippen LogP contribution in [0.25, 0.3) is 0 Å². The molecule has 9 heavy (non-hydrogen) atoms. The standard InChI is InChI=1S/C2H4As2O5/c3-1(6-7-1)5-2(4)8-9-2/h3-4H2. The number of rotatable bonds is 2. The van der Waals surface area contributed by atoms with E-state index in [1.54, 1.807) is 0 Å². The molecule has 2 aliphatic heterocycles. The van der Waals surface area contributed by atoms with Crippen molar-refractivity contribution in [1.82, 2.24) is 0 Å². The Kier molecular flexibility index (Phi) is 1.28. The summed E-state index contributed by atoms with van der Waals surface area (Å²) in [5.74, 6) is 0.